The fourth-order valence-corrected chi connectivity index (χ4v) is 4.39. The van der Waals surface area contributed by atoms with Crippen LogP contribution in [0.4, 0.5) is 5.69 Å². The van der Waals surface area contributed by atoms with E-state index in [1.165, 1.54) is 55.6 Å². The highest BCUT2D eigenvalue weighted by molar-refractivity contribution is 7.91. The van der Waals surface area contributed by atoms with Crippen molar-refractivity contribution in [2.24, 2.45) is 0 Å². The van der Waals surface area contributed by atoms with E-state index < -0.39 is 21.2 Å². The van der Waals surface area contributed by atoms with Crippen LogP contribution < -0.4 is 10.5 Å². The van der Waals surface area contributed by atoms with Gasteiger partial charge in [-0.2, -0.15) is 0 Å². The van der Waals surface area contributed by atoms with Gasteiger partial charge < -0.3 is 15.2 Å². The maximum absolute atomic E-state index is 13.3. The number of esters is 1. The lowest BCUT2D eigenvalue weighted by Gasteiger charge is -2.21. The number of halogens is 1. The number of hydrogen-bond acceptors (Lipinski definition) is 6. The normalized spacial score (nSPS) is 12.2. The third kappa shape index (κ3) is 4.52. The minimum absolute atomic E-state index is 0.0922. The molecule has 3 aromatic rings. The van der Waals surface area contributed by atoms with Gasteiger partial charge in [0.1, 0.15) is 5.75 Å². The summed E-state index contributed by atoms with van der Waals surface area (Å²) in [6.45, 7) is 0. The molecule has 3 aromatic carbocycles. The second-order valence-electron chi connectivity index (χ2n) is 6.10. The van der Waals surface area contributed by atoms with E-state index in [0.717, 1.165) is 0 Å². The quantitative estimate of drug-likeness (QED) is 0.462. The van der Waals surface area contributed by atoms with E-state index in [0.29, 0.717) is 10.6 Å². The number of ether oxygens (including phenoxy) is 2. The molecule has 0 heterocycles. The Labute approximate surface area is 173 Å². The van der Waals surface area contributed by atoms with Gasteiger partial charge in [0, 0.05) is 10.6 Å². The first-order valence-electron chi connectivity index (χ1n) is 8.52. The molecule has 0 saturated carbocycles. The topological polar surface area (TPSA) is 95.7 Å². The van der Waals surface area contributed by atoms with Crippen molar-refractivity contribution in [3.8, 4) is 5.75 Å². The molecule has 0 aliphatic rings. The van der Waals surface area contributed by atoms with E-state index in [-0.39, 0.29) is 21.9 Å². The highest BCUT2D eigenvalue weighted by Crippen LogP contribution is 2.35. The van der Waals surface area contributed by atoms with Gasteiger partial charge in [0.05, 0.1) is 23.3 Å². The number of nitrogen functional groups attached to an aromatic ring is 1. The second kappa shape index (κ2) is 8.55. The van der Waals surface area contributed by atoms with Gasteiger partial charge in [0.25, 0.3) is 0 Å². The standard InChI is InChI=1S/C21H18ClNO5S/c1-27-20(24)14-7-9-15(10-8-14)21(28-19-12-11-16(22)13-18(19)23)29(25,26)17-5-3-2-4-6-17/h2-13,21H,23H2,1H3. The van der Waals surface area contributed by atoms with Gasteiger partial charge in [-0.3, -0.25) is 0 Å². The lowest BCUT2D eigenvalue weighted by Crippen LogP contribution is -2.20. The molecule has 0 radical (unpaired) electrons. The molecule has 1 unspecified atom stereocenters. The van der Waals surface area contributed by atoms with Gasteiger partial charge in [0.2, 0.25) is 15.3 Å². The van der Waals surface area contributed by atoms with E-state index in [1.54, 1.807) is 24.3 Å². The molecule has 3 rings (SSSR count). The molecule has 0 aliphatic heterocycles. The maximum atomic E-state index is 13.3. The first-order valence-corrected chi connectivity index (χ1v) is 10.4. The third-order valence-electron chi connectivity index (χ3n) is 4.16. The molecule has 0 aromatic heterocycles. The van der Waals surface area contributed by atoms with E-state index >= 15 is 0 Å². The number of anilines is 1. The molecular formula is C21H18ClNO5S. The Balaban J connectivity index is 2.07. The zero-order valence-electron chi connectivity index (χ0n) is 15.4. The van der Waals surface area contributed by atoms with Crippen LogP contribution in [0.15, 0.2) is 77.7 Å². The number of hydrogen-bond donors (Lipinski definition) is 1. The minimum Gasteiger partial charge on any atom is -0.467 e. The zero-order valence-corrected chi connectivity index (χ0v) is 17.0. The first-order chi connectivity index (χ1) is 13.8. The molecule has 1 atom stereocenters. The summed E-state index contributed by atoms with van der Waals surface area (Å²) >= 11 is 5.92. The Kier molecular flexibility index (Phi) is 6.10. The average Bonchev–Trinajstić information content (AvgIpc) is 2.73. The number of sulfone groups is 1. The molecule has 8 heteroatoms. The van der Waals surface area contributed by atoms with Crippen LogP contribution >= 0.6 is 11.6 Å². The highest BCUT2D eigenvalue weighted by atomic mass is 35.5. The van der Waals surface area contributed by atoms with Crippen molar-refractivity contribution in [2.45, 2.75) is 10.3 Å². The molecule has 0 aliphatic carbocycles. The second-order valence-corrected chi connectivity index (χ2v) is 8.53. The molecular weight excluding hydrogens is 414 g/mol. The van der Waals surface area contributed by atoms with Crippen LogP contribution in [-0.2, 0) is 14.6 Å². The minimum atomic E-state index is -3.94. The summed E-state index contributed by atoms with van der Waals surface area (Å²) < 4.78 is 37.1. The van der Waals surface area contributed by atoms with Crippen molar-refractivity contribution in [3.05, 3.63) is 88.9 Å². The van der Waals surface area contributed by atoms with Gasteiger partial charge in [0.15, 0.2) is 0 Å². The van der Waals surface area contributed by atoms with Gasteiger partial charge in [-0.15, -0.1) is 0 Å². The molecule has 6 nitrogen and oxygen atoms in total. The van der Waals surface area contributed by atoms with E-state index in [2.05, 4.69) is 4.74 Å². The molecule has 0 saturated heterocycles. The van der Waals surface area contributed by atoms with E-state index in [4.69, 9.17) is 22.1 Å². The highest BCUT2D eigenvalue weighted by Gasteiger charge is 2.32. The fourth-order valence-electron chi connectivity index (χ4n) is 2.68. The molecule has 0 bridgehead atoms. The van der Waals surface area contributed by atoms with Gasteiger partial charge in [-0.1, -0.05) is 41.9 Å². The Bertz CT molecular complexity index is 1120. The smallest absolute Gasteiger partial charge is 0.337 e. The molecule has 2 N–H and O–H groups in total. The SMILES string of the molecule is COC(=O)c1ccc(C(Oc2ccc(Cl)cc2N)S(=O)(=O)c2ccccc2)cc1. The maximum Gasteiger partial charge on any atom is 0.337 e. The Hall–Kier alpha value is -3.03. The van der Waals surface area contributed by atoms with Crippen LogP contribution in [0.3, 0.4) is 0 Å². The van der Waals surface area contributed by atoms with Crippen LogP contribution in [0.1, 0.15) is 21.4 Å². The van der Waals surface area contributed by atoms with Crippen molar-refractivity contribution in [1.82, 2.24) is 0 Å². The average molecular weight is 432 g/mol. The van der Waals surface area contributed by atoms with Crippen LogP contribution in [0.5, 0.6) is 5.75 Å². The summed E-state index contributed by atoms with van der Waals surface area (Å²) in [6, 6.07) is 18.4. The summed E-state index contributed by atoms with van der Waals surface area (Å²) in [6.07, 6.45) is 0. The van der Waals surface area contributed by atoms with Gasteiger partial charge >= 0.3 is 5.97 Å². The van der Waals surface area contributed by atoms with Gasteiger partial charge in [-0.25, -0.2) is 13.2 Å². The Morgan fingerprint density at radius 1 is 1.00 bits per heavy atom. The summed E-state index contributed by atoms with van der Waals surface area (Å²) in [7, 11) is -2.68. The number of carbonyl (C=O) groups excluding carboxylic acids is 1. The lowest BCUT2D eigenvalue weighted by atomic mass is 10.1. The lowest BCUT2D eigenvalue weighted by molar-refractivity contribution is 0.0600. The summed E-state index contributed by atoms with van der Waals surface area (Å²) in [4.78, 5) is 11.8. The molecule has 0 amide bonds. The van der Waals surface area contributed by atoms with Crippen LogP contribution in [0.25, 0.3) is 0 Å². The van der Waals surface area contributed by atoms with E-state index in [9.17, 15) is 13.2 Å². The number of benzene rings is 3. The summed E-state index contributed by atoms with van der Waals surface area (Å²) in [5, 5.41) is 0.403. The van der Waals surface area contributed by atoms with Crippen molar-refractivity contribution in [3.63, 3.8) is 0 Å². The summed E-state index contributed by atoms with van der Waals surface area (Å²) in [5.41, 5.74) is 5.38. The molecule has 0 fully saturated rings. The number of methoxy groups -OCH3 is 1. The summed E-state index contributed by atoms with van der Waals surface area (Å²) in [5.74, 6) is -0.349. The monoisotopic (exact) mass is 431 g/mol. The number of nitrogens with two attached hydrogens (primary N) is 1. The van der Waals surface area contributed by atoms with Crippen molar-refractivity contribution in [2.75, 3.05) is 12.8 Å². The molecule has 29 heavy (non-hydrogen) atoms. The largest absolute Gasteiger partial charge is 0.467 e. The van der Waals surface area contributed by atoms with Crippen molar-refractivity contribution in [1.29, 1.82) is 0 Å². The predicted molar refractivity (Wildman–Crippen MR) is 111 cm³/mol. The zero-order chi connectivity index (χ0) is 21.0. The number of carbonyl (C=O) groups is 1. The van der Waals surface area contributed by atoms with Crippen LogP contribution in [-0.4, -0.2) is 21.5 Å². The molecule has 0 spiro atoms. The fraction of sp³-hybridized carbons (Fsp3) is 0.0952. The van der Waals surface area contributed by atoms with Gasteiger partial charge in [-0.05, 0) is 42.5 Å². The third-order valence-corrected chi connectivity index (χ3v) is 6.26. The predicted octanol–water partition coefficient (Wildman–Crippen LogP) is 4.26. The first kappa shape index (κ1) is 20.7. The van der Waals surface area contributed by atoms with Crippen molar-refractivity contribution >= 4 is 33.1 Å². The van der Waals surface area contributed by atoms with Crippen molar-refractivity contribution < 1.29 is 22.7 Å². The Morgan fingerprint density at radius 2 is 1.66 bits per heavy atom. The van der Waals surface area contributed by atoms with Crippen LogP contribution in [0.2, 0.25) is 5.02 Å². The molecule has 150 valence electrons. The van der Waals surface area contributed by atoms with E-state index in [1.807, 2.05) is 0 Å². The van der Waals surface area contributed by atoms with Crippen LogP contribution in [0, 0.1) is 0 Å². The number of rotatable bonds is 6. The Morgan fingerprint density at radius 3 is 2.24 bits per heavy atom.